The number of rotatable bonds is 3. The van der Waals surface area contributed by atoms with Crippen LogP contribution in [0, 0.1) is 12.7 Å². The number of benzene rings is 1. The van der Waals surface area contributed by atoms with Crippen molar-refractivity contribution in [1.29, 1.82) is 0 Å². The van der Waals surface area contributed by atoms with Crippen LogP contribution in [0.3, 0.4) is 0 Å². The first-order valence-corrected chi connectivity index (χ1v) is 6.37. The minimum Gasteiger partial charge on any atom is -0.481 e. The van der Waals surface area contributed by atoms with Gasteiger partial charge in [-0.1, -0.05) is 0 Å². The smallest absolute Gasteiger partial charge is 0.307 e. The van der Waals surface area contributed by atoms with Crippen LogP contribution in [0.4, 0.5) is 4.39 Å². The van der Waals surface area contributed by atoms with E-state index in [-0.39, 0.29) is 6.42 Å². The molecule has 3 rings (SSSR count). The van der Waals surface area contributed by atoms with Gasteiger partial charge in [0.25, 0.3) is 0 Å². The van der Waals surface area contributed by atoms with Gasteiger partial charge in [0.2, 0.25) is 0 Å². The number of aliphatic carboxylic acids is 1. The molecular weight excluding hydrogens is 273 g/mol. The highest BCUT2D eigenvalue weighted by molar-refractivity contribution is 5.90. The molecule has 0 fully saturated rings. The molecule has 2 heterocycles. The molecule has 0 unspecified atom stereocenters. The Hall–Kier alpha value is -2.76. The number of aryl methyl sites for hydroxylation is 1. The van der Waals surface area contributed by atoms with Crippen LogP contribution in [-0.2, 0) is 11.2 Å². The maximum Gasteiger partial charge on any atom is 0.307 e. The molecule has 1 aromatic carbocycles. The molecule has 0 saturated carbocycles. The lowest BCUT2D eigenvalue weighted by Crippen LogP contribution is -2.10. The minimum absolute atomic E-state index is 0.194. The largest absolute Gasteiger partial charge is 0.481 e. The lowest BCUT2D eigenvalue weighted by molar-refractivity contribution is -0.136. The third kappa shape index (κ3) is 2.35. The molecule has 0 amide bonds. The van der Waals surface area contributed by atoms with Crippen LogP contribution in [0.2, 0.25) is 0 Å². The van der Waals surface area contributed by atoms with E-state index in [0.29, 0.717) is 27.8 Å². The van der Waals surface area contributed by atoms with Crippen molar-refractivity contribution in [3.8, 4) is 5.69 Å². The average Bonchev–Trinajstić information content (AvgIpc) is 2.93. The molecular formula is C15H12FN3O2. The molecule has 0 aliphatic heterocycles. The second-order valence-electron chi connectivity index (χ2n) is 4.71. The van der Waals surface area contributed by atoms with Gasteiger partial charge >= 0.3 is 5.97 Å². The quantitative estimate of drug-likeness (QED) is 0.802. The summed E-state index contributed by atoms with van der Waals surface area (Å²) in [5, 5.41) is 13.8. The molecule has 6 heteroatoms. The number of fused-ring (bicyclic) bond motifs is 1. The molecule has 5 nitrogen and oxygen atoms in total. The maximum absolute atomic E-state index is 13.6. The van der Waals surface area contributed by atoms with Gasteiger partial charge in [0.05, 0.1) is 17.6 Å². The Morgan fingerprint density at radius 2 is 2.24 bits per heavy atom. The fraction of sp³-hybridized carbons (Fsp3) is 0.133. The predicted octanol–water partition coefficient (Wildman–Crippen LogP) is 2.50. The number of hydrogen-bond donors (Lipinski definition) is 1. The zero-order valence-corrected chi connectivity index (χ0v) is 11.2. The van der Waals surface area contributed by atoms with E-state index in [9.17, 15) is 9.18 Å². The van der Waals surface area contributed by atoms with Gasteiger partial charge in [-0.25, -0.2) is 9.07 Å². The van der Waals surface area contributed by atoms with E-state index in [1.807, 2.05) is 0 Å². The number of hydrogen-bond acceptors (Lipinski definition) is 3. The summed E-state index contributed by atoms with van der Waals surface area (Å²) in [7, 11) is 0. The van der Waals surface area contributed by atoms with Gasteiger partial charge in [0, 0.05) is 29.0 Å². The van der Waals surface area contributed by atoms with Gasteiger partial charge in [-0.15, -0.1) is 0 Å². The summed E-state index contributed by atoms with van der Waals surface area (Å²) < 4.78 is 15.1. The summed E-state index contributed by atoms with van der Waals surface area (Å²) in [6.07, 6.45) is 3.09. The minimum atomic E-state index is -0.968. The molecule has 0 spiro atoms. The third-order valence-electron chi connectivity index (χ3n) is 3.29. The van der Waals surface area contributed by atoms with Crippen molar-refractivity contribution in [3.05, 3.63) is 53.7 Å². The highest BCUT2D eigenvalue weighted by Crippen LogP contribution is 2.27. The second-order valence-corrected chi connectivity index (χ2v) is 4.71. The number of carboxylic acid groups (broad SMARTS) is 1. The summed E-state index contributed by atoms with van der Waals surface area (Å²) >= 11 is 0. The van der Waals surface area contributed by atoms with Crippen LogP contribution < -0.4 is 0 Å². The second kappa shape index (κ2) is 4.97. The number of halogens is 1. The fourth-order valence-electron chi connectivity index (χ4n) is 2.40. The third-order valence-corrected chi connectivity index (χ3v) is 3.29. The van der Waals surface area contributed by atoms with E-state index < -0.39 is 11.8 Å². The first-order valence-electron chi connectivity index (χ1n) is 6.37. The fourth-order valence-corrected chi connectivity index (χ4v) is 2.40. The van der Waals surface area contributed by atoms with Crippen LogP contribution in [0.15, 0.2) is 36.7 Å². The Labute approximate surface area is 119 Å². The highest BCUT2D eigenvalue weighted by atomic mass is 19.1. The molecule has 0 aliphatic rings. The first-order chi connectivity index (χ1) is 10.1. The Morgan fingerprint density at radius 1 is 1.43 bits per heavy atom. The van der Waals surface area contributed by atoms with Crippen LogP contribution >= 0.6 is 0 Å². The number of aromatic nitrogens is 3. The van der Waals surface area contributed by atoms with E-state index in [1.54, 1.807) is 36.1 Å². The van der Waals surface area contributed by atoms with E-state index >= 15 is 0 Å². The predicted molar refractivity (Wildman–Crippen MR) is 74.9 cm³/mol. The molecule has 0 aliphatic carbocycles. The molecule has 2 aromatic heterocycles. The maximum atomic E-state index is 13.6. The van der Waals surface area contributed by atoms with Crippen molar-refractivity contribution < 1.29 is 14.3 Å². The summed E-state index contributed by atoms with van der Waals surface area (Å²) in [4.78, 5) is 15.5. The van der Waals surface area contributed by atoms with Gasteiger partial charge < -0.3 is 5.11 Å². The monoisotopic (exact) mass is 285 g/mol. The number of pyridine rings is 1. The van der Waals surface area contributed by atoms with E-state index in [0.717, 1.165) is 0 Å². The van der Waals surface area contributed by atoms with Crippen molar-refractivity contribution >= 4 is 16.9 Å². The summed E-state index contributed by atoms with van der Waals surface area (Å²) in [5.74, 6) is -1.37. The van der Waals surface area contributed by atoms with Crippen LogP contribution in [0.5, 0.6) is 0 Å². The summed E-state index contributed by atoms with van der Waals surface area (Å²) in [6.45, 7) is 1.74. The van der Waals surface area contributed by atoms with Crippen molar-refractivity contribution in [2.75, 3.05) is 0 Å². The lowest BCUT2D eigenvalue weighted by Gasteiger charge is -2.14. The van der Waals surface area contributed by atoms with Gasteiger partial charge in [-0.2, -0.15) is 5.10 Å². The van der Waals surface area contributed by atoms with Gasteiger partial charge in [0.15, 0.2) is 0 Å². The Kier molecular flexibility index (Phi) is 3.13. The molecule has 1 N–H and O–H groups in total. The van der Waals surface area contributed by atoms with Crippen LogP contribution in [-0.4, -0.2) is 25.8 Å². The number of carbonyl (C=O) groups is 1. The van der Waals surface area contributed by atoms with Crippen molar-refractivity contribution in [1.82, 2.24) is 14.8 Å². The van der Waals surface area contributed by atoms with Gasteiger partial charge in [0.1, 0.15) is 5.82 Å². The molecule has 0 saturated heterocycles. The molecule has 21 heavy (non-hydrogen) atoms. The highest BCUT2D eigenvalue weighted by Gasteiger charge is 2.17. The van der Waals surface area contributed by atoms with Gasteiger partial charge in [-0.3, -0.25) is 9.78 Å². The number of nitrogens with zero attached hydrogens (tertiary/aromatic N) is 3. The Morgan fingerprint density at radius 3 is 2.90 bits per heavy atom. The van der Waals surface area contributed by atoms with Gasteiger partial charge in [-0.05, 0) is 31.2 Å². The Balaban J connectivity index is 2.41. The van der Waals surface area contributed by atoms with E-state index in [2.05, 4.69) is 10.1 Å². The van der Waals surface area contributed by atoms with Crippen molar-refractivity contribution in [2.45, 2.75) is 13.3 Å². The topological polar surface area (TPSA) is 68.0 Å². The summed E-state index contributed by atoms with van der Waals surface area (Å²) in [5.41, 5.74) is 2.30. The van der Waals surface area contributed by atoms with Crippen LogP contribution in [0.25, 0.3) is 16.6 Å². The lowest BCUT2D eigenvalue weighted by atomic mass is 10.0. The zero-order chi connectivity index (χ0) is 15.0. The van der Waals surface area contributed by atoms with Crippen LogP contribution in [0.1, 0.15) is 11.3 Å². The van der Waals surface area contributed by atoms with E-state index in [4.69, 9.17) is 5.11 Å². The van der Waals surface area contributed by atoms with Crippen molar-refractivity contribution in [3.63, 3.8) is 0 Å². The molecule has 0 radical (unpaired) electrons. The standard InChI is InChI=1S/C15H12FN3O2/c1-9-11(8-14(20)21)15(19-6-2-5-17-19)12-7-10(16)3-4-13(12)18-9/h2-7H,8H2,1H3,(H,20,21). The normalized spacial score (nSPS) is 11.0. The van der Waals surface area contributed by atoms with Crippen molar-refractivity contribution in [2.24, 2.45) is 0 Å². The molecule has 106 valence electrons. The zero-order valence-electron chi connectivity index (χ0n) is 11.2. The molecule has 3 aromatic rings. The molecule has 0 atom stereocenters. The SMILES string of the molecule is Cc1nc2ccc(F)cc2c(-n2cccn2)c1CC(=O)O. The van der Waals surface area contributed by atoms with E-state index in [1.165, 1.54) is 12.1 Å². The Bertz CT molecular complexity index is 829. The molecule has 0 bridgehead atoms. The average molecular weight is 285 g/mol. The summed E-state index contributed by atoms with van der Waals surface area (Å²) in [6, 6.07) is 5.99. The first kappa shape index (κ1) is 13.2. The number of carboxylic acids is 1.